The van der Waals surface area contributed by atoms with Gasteiger partial charge < -0.3 is 11.1 Å². The third kappa shape index (κ3) is 3.53. The summed E-state index contributed by atoms with van der Waals surface area (Å²) < 4.78 is 0. The first kappa shape index (κ1) is 13.6. The highest BCUT2D eigenvalue weighted by Crippen LogP contribution is 2.20. The topological polar surface area (TPSA) is 68.0 Å². The van der Waals surface area contributed by atoms with E-state index in [0.717, 1.165) is 17.1 Å². The predicted molar refractivity (Wildman–Crippen MR) is 69.8 cm³/mol. The highest BCUT2D eigenvalue weighted by Gasteiger charge is 2.27. The molecule has 4 nitrogen and oxygen atoms in total. The van der Waals surface area contributed by atoms with Crippen LogP contribution in [0.15, 0.2) is 12.1 Å². The fourth-order valence-electron chi connectivity index (χ4n) is 1.42. The lowest BCUT2D eigenvalue weighted by atomic mass is 9.87. The quantitative estimate of drug-likeness (QED) is 0.824. The third-order valence-electron chi connectivity index (χ3n) is 2.70. The minimum absolute atomic E-state index is 0.175. The van der Waals surface area contributed by atoms with Crippen molar-refractivity contribution in [2.75, 3.05) is 5.32 Å². The number of carbonyl (C=O) groups is 1. The van der Waals surface area contributed by atoms with Crippen LogP contribution in [0.3, 0.4) is 0 Å². The second-order valence-electron chi connectivity index (χ2n) is 5.42. The number of nitrogens with one attached hydrogen (secondary N) is 1. The molecule has 0 aromatic carbocycles. The van der Waals surface area contributed by atoms with Crippen LogP contribution in [-0.4, -0.2) is 16.9 Å². The molecule has 4 heteroatoms. The first-order valence-corrected chi connectivity index (χ1v) is 5.72. The van der Waals surface area contributed by atoms with Gasteiger partial charge in [-0.05, 0) is 31.4 Å². The summed E-state index contributed by atoms with van der Waals surface area (Å²) in [5.74, 6) is -0.175. The molecule has 0 aliphatic heterocycles. The van der Waals surface area contributed by atoms with E-state index in [2.05, 4.69) is 10.3 Å². The van der Waals surface area contributed by atoms with Gasteiger partial charge in [0.1, 0.15) is 0 Å². The lowest BCUT2D eigenvalue weighted by molar-refractivity contribution is -0.119. The first-order chi connectivity index (χ1) is 7.71. The van der Waals surface area contributed by atoms with Gasteiger partial charge in [0.2, 0.25) is 5.91 Å². The van der Waals surface area contributed by atoms with E-state index in [0.29, 0.717) is 0 Å². The molecule has 0 radical (unpaired) electrons. The zero-order valence-corrected chi connectivity index (χ0v) is 11.2. The molecule has 0 fully saturated rings. The fourth-order valence-corrected chi connectivity index (χ4v) is 1.42. The van der Waals surface area contributed by atoms with E-state index >= 15 is 0 Å². The van der Waals surface area contributed by atoms with Crippen molar-refractivity contribution in [3.05, 3.63) is 23.5 Å². The van der Waals surface area contributed by atoms with E-state index in [1.807, 2.05) is 46.8 Å². The minimum Gasteiger partial charge on any atom is -0.323 e. The van der Waals surface area contributed by atoms with Crippen molar-refractivity contribution in [2.45, 2.75) is 40.7 Å². The van der Waals surface area contributed by atoms with Crippen molar-refractivity contribution in [1.29, 1.82) is 0 Å². The summed E-state index contributed by atoms with van der Waals surface area (Å²) in [4.78, 5) is 16.2. The van der Waals surface area contributed by atoms with E-state index in [9.17, 15) is 4.79 Å². The van der Waals surface area contributed by atoms with Crippen LogP contribution >= 0.6 is 0 Å². The molecule has 1 aromatic rings. The van der Waals surface area contributed by atoms with Gasteiger partial charge in [-0.3, -0.25) is 9.78 Å². The highest BCUT2D eigenvalue weighted by molar-refractivity contribution is 5.95. The molecule has 94 valence electrons. The Morgan fingerprint density at radius 1 is 1.35 bits per heavy atom. The molecule has 0 bridgehead atoms. The molecule has 1 heterocycles. The molecule has 0 aliphatic rings. The molecule has 0 saturated heterocycles. The molecule has 0 saturated carbocycles. The average molecular weight is 235 g/mol. The Kier molecular flexibility index (Phi) is 3.88. The number of anilines is 1. The monoisotopic (exact) mass is 235 g/mol. The molecule has 1 amide bonds. The van der Waals surface area contributed by atoms with E-state index in [1.165, 1.54) is 0 Å². The summed E-state index contributed by atoms with van der Waals surface area (Å²) in [6, 6.07) is 3.18. The van der Waals surface area contributed by atoms with Crippen LogP contribution in [0.5, 0.6) is 0 Å². The molecule has 0 spiro atoms. The van der Waals surface area contributed by atoms with Gasteiger partial charge in [-0.2, -0.15) is 0 Å². The predicted octanol–water partition coefficient (Wildman–Crippen LogP) is 2.01. The number of aromatic nitrogens is 1. The Hall–Kier alpha value is -1.42. The van der Waals surface area contributed by atoms with E-state index in [4.69, 9.17) is 5.73 Å². The van der Waals surface area contributed by atoms with Crippen molar-refractivity contribution in [1.82, 2.24) is 4.98 Å². The molecule has 1 atom stereocenters. The number of rotatable bonds is 2. The highest BCUT2D eigenvalue weighted by atomic mass is 16.2. The molecule has 3 N–H and O–H groups in total. The van der Waals surface area contributed by atoms with Crippen molar-refractivity contribution < 1.29 is 4.79 Å². The van der Waals surface area contributed by atoms with Crippen LogP contribution < -0.4 is 11.1 Å². The minimum atomic E-state index is -0.539. The van der Waals surface area contributed by atoms with E-state index < -0.39 is 6.04 Å². The summed E-state index contributed by atoms with van der Waals surface area (Å²) in [7, 11) is 0. The maximum Gasteiger partial charge on any atom is 0.241 e. The van der Waals surface area contributed by atoms with Gasteiger partial charge in [-0.15, -0.1) is 0 Å². The summed E-state index contributed by atoms with van der Waals surface area (Å²) >= 11 is 0. The number of hydrogen-bond donors (Lipinski definition) is 2. The Labute approximate surface area is 103 Å². The Balaban J connectivity index is 2.82. The van der Waals surface area contributed by atoms with Gasteiger partial charge >= 0.3 is 0 Å². The van der Waals surface area contributed by atoms with Crippen molar-refractivity contribution in [2.24, 2.45) is 11.1 Å². The number of amides is 1. The number of aryl methyl sites for hydroxylation is 2. The molecule has 0 unspecified atom stereocenters. The molecule has 17 heavy (non-hydrogen) atoms. The number of carbonyl (C=O) groups excluding carboxylic acids is 1. The van der Waals surface area contributed by atoms with Gasteiger partial charge in [0, 0.05) is 5.69 Å². The molecule has 1 aromatic heterocycles. The first-order valence-electron chi connectivity index (χ1n) is 5.72. The maximum atomic E-state index is 11.9. The molecular formula is C13H21N3O. The second-order valence-corrected chi connectivity index (χ2v) is 5.42. The normalized spacial score (nSPS) is 13.3. The van der Waals surface area contributed by atoms with Crippen LogP contribution in [0.4, 0.5) is 5.69 Å². The second kappa shape index (κ2) is 4.84. The van der Waals surface area contributed by atoms with Crippen LogP contribution in [0, 0.1) is 19.3 Å². The SMILES string of the molecule is Cc1ccc(NC(=O)[C@H](N)C(C)(C)C)c(C)n1. The fraction of sp³-hybridized carbons (Fsp3) is 0.538. The van der Waals surface area contributed by atoms with Crippen molar-refractivity contribution in [3.8, 4) is 0 Å². The Morgan fingerprint density at radius 2 is 1.94 bits per heavy atom. The van der Waals surface area contributed by atoms with E-state index in [-0.39, 0.29) is 11.3 Å². The smallest absolute Gasteiger partial charge is 0.241 e. The van der Waals surface area contributed by atoms with Crippen LogP contribution in [0.25, 0.3) is 0 Å². The molecule has 0 aliphatic carbocycles. The third-order valence-corrected chi connectivity index (χ3v) is 2.70. The summed E-state index contributed by atoms with van der Waals surface area (Å²) in [5.41, 5.74) is 8.09. The number of nitrogens with two attached hydrogens (primary N) is 1. The summed E-state index contributed by atoms with van der Waals surface area (Å²) in [5, 5.41) is 2.82. The van der Waals surface area contributed by atoms with E-state index in [1.54, 1.807) is 0 Å². The van der Waals surface area contributed by atoms with Crippen LogP contribution in [0.2, 0.25) is 0 Å². The van der Waals surface area contributed by atoms with Crippen LogP contribution in [-0.2, 0) is 4.79 Å². The lowest BCUT2D eigenvalue weighted by Crippen LogP contribution is -2.45. The summed E-state index contributed by atoms with van der Waals surface area (Å²) in [6.07, 6.45) is 0. The summed E-state index contributed by atoms with van der Waals surface area (Å²) in [6.45, 7) is 9.61. The average Bonchev–Trinajstić information content (AvgIpc) is 2.19. The number of nitrogens with zero attached hydrogens (tertiary/aromatic N) is 1. The Morgan fingerprint density at radius 3 is 2.41 bits per heavy atom. The van der Waals surface area contributed by atoms with Gasteiger partial charge in [-0.1, -0.05) is 20.8 Å². The van der Waals surface area contributed by atoms with Gasteiger partial charge in [0.25, 0.3) is 0 Å². The maximum absolute atomic E-state index is 11.9. The van der Waals surface area contributed by atoms with Crippen molar-refractivity contribution in [3.63, 3.8) is 0 Å². The van der Waals surface area contributed by atoms with Gasteiger partial charge in [-0.25, -0.2) is 0 Å². The molecule has 1 rings (SSSR count). The number of pyridine rings is 1. The standard InChI is InChI=1S/C13H21N3O/c1-8-6-7-10(9(2)15-8)16-12(17)11(14)13(3,4)5/h6-7,11H,14H2,1-5H3,(H,16,17)/t11-/m0/s1. The Bertz CT molecular complexity index is 421. The molecular weight excluding hydrogens is 214 g/mol. The largest absolute Gasteiger partial charge is 0.323 e. The number of hydrogen-bond acceptors (Lipinski definition) is 3. The zero-order chi connectivity index (χ0) is 13.2. The van der Waals surface area contributed by atoms with Crippen LogP contribution in [0.1, 0.15) is 32.2 Å². The van der Waals surface area contributed by atoms with Gasteiger partial charge in [0.05, 0.1) is 17.4 Å². The van der Waals surface area contributed by atoms with Crippen molar-refractivity contribution >= 4 is 11.6 Å². The zero-order valence-electron chi connectivity index (χ0n) is 11.2. The lowest BCUT2D eigenvalue weighted by Gasteiger charge is -2.26. The van der Waals surface area contributed by atoms with Gasteiger partial charge in [0.15, 0.2) is 0 Å².